The Kier molecular flexibility index (Phi) is 7.07. The highest BCUT2D eigenvalue weighted by atomic mass is 35.5. The van der Waals surface area contributed by atoms with Crippen LogP contribution in [-0.2, 0) is 11.0 Å². The van der Waals surface area contributed by atoms with Crippen molar-refractivity contribution in [1.82, 2.24) is 9.97 Å². The number of nitrogens with zero attached hydrogens (tertiary/aromatic N) is 3. The number of hydrogen-bond donors (Lipinski definition) is 2. The van der Waals surface area contributed by atoms with E-state index in [-0.39, 0.29) is 28.5 Å². The summed E-state index contributed by atoms with van der Waals surface area (Å²) in [7, 11) is 0. The monoisotopic (exact) mass is 488 g/mol. The molecular formula is C22H25ClF4N4O2. The Morgan fingerprint density at radius 3 is 2.58 bits per heavy atom. The fourth-order valence-corrected chi connectivity index (χ4v) is 4.26. The van der Waals surface area contributed by atoms with E-state index in [0.717, 1.165) is 18.5 Å². The molecule has 2 heterocycles. The number of nitrogens with one attached hydrogen (secondary N) is 1. The van der Waals surface area contributed by atoms with Crippen molar-refractivity contribution in [3.8, 4) is 0 Å². The highest BCUT2D eigenvalue weighted by Gasteiger charge is 2.35. The zero-order valence-corrected chi connectivity index (χ0v) is 19.1. The summed E-state index contributed by atoms with van der Waals surface area (Å²) in [4.78, 5) is 21.2. The molecule has 11 heteroatoms. The summed E-state index contributed by atoms with van der Waals surface area (Å²) in [6.45, 7) is 6.01. The van der Waals surface area contributed by atoms with E-state index in [1.807, 2.05) is 20.8 Å². The zero-order chi connectivity index (χ0) is 24.6. The molecule has 1 aliphatic heterocycles. The highest BCUT2D eigenvalue weighted by Crippen LogP contribution is 2.41. The largest absolute Gasteiger partial charge is 0.480 e. The lowest BCUT2D eigenvalue weighted by Gasteiger charge is -2.28. The average Bonchev–Trinajstić information content (AvgIpc) is 3.16. The molecule has 1 aliphatic rings. The third kappa shape index (κ3) is 5.85. The lowest BCUT2D eigenvalue weighted by atomic mass is 9.88. The molecular weight excluding hydrogens is 464 g/mol. The van der Waals surface area contributed by atoms with Crippen LogP contribution in [0.3, 0.4) is 0 Å². The van der Waals surface area contributed by atoms with Crippen molar-refractivity contribution in [2.24, 2.45) is 5.41 Å². The van der Waals surface area contributed by atoms with Gasteiger partial charge in [-0.15, -0.1) is 0 Å². The Hall–Kier alpha value is -2.62. The Balaban J connectivity index is 1.91. The molecule has 0 bridgehead atoms. The molecule has 3 rings (SSSR count). The van der Waals surface area contributed by atoms with Crippen molar-refractivity contribution >= 4 is 29.2 Å². The lowest BCUT2D eigenvalue weighted by Crippen LogP contribution is -2.34. The predicted octanol–water partition coefficient (Wildman–Crippen LogP) is 5.93. The van der Waals surface area contributed by atoms with E-state index in [4.69, 9.17) is 11.6 Å². The zero-order valence-electron chi connectivity index (χ0n) is 18.4. The van der Waals surface area contributed by atoms with E-state index in [1.54, 1.807) is 4.90 Å². The second-order valence-corrected chi connectivity index (χ2v) is 9.65. The first-order valence-electron chi connectivity index (χ1n) is 10.4. The van der Waals surface area contributed by atoms with Gasteiger partial charge in [0, 0.05) is 11.6 Å². The van der Waals surface area contributed by atoms with Gasteiger partial charge in [-0.3, -0.25) is 0 Å². The summed E-state index contributed by atoms with van der Waals surface area (Å²) in [6, 6.07) is 1.56. The SMILES string of the molecule is CC(C)(C)C[C@@H](Nc1ncnc(N2CCCC2c2ccc(C(F)(F)F)cc2Cl)c1F)C(=O)O. The number of hydrogen-bond acceptors (Lipinski definition) is 5. The van der Waals surface area contributed by atoms with Gasteiger partial charge >= 0.3 is 12.1 Å². The van der Waals surface area contributed by atoms with Crippen LogP contribution < -0.4 is 10.2 Å². The number of alkyl halides is 3. The van der Waals surface area contributed by atoms with Crippen LogP contribution in [0.25, 0.3) is 0 Å². The smallest absolute Gasteiger partial charge is 0.416 e. The number of rotatable bonds is 6. The van der Waals surface area contributed by atoms with Crippen molar-refractivity contribution in [2.75, 3.05) is 16.8 Å². The molecule has 1 unspecified atom stereocenters. The first kappa shape index (κ1) is 25.0. The van der Waals surface area contributed by atoms with E-state index < -0.39 is 35.6 Å². The molecule has 2 N–H and O–H groups in total. The molecule has 1 aromatic heterocycles. The van der Waals surface area contributed by atoms with E-state index in [2.05, 4.69) is 15.3 Å². The van der Waals surface area contributed by atoms with Gasteiger partial charge in [-0.05, 0) is 42.4 Å². The summed E-state index contributed by atoms with van der Waals surface area (Å²) >= 11 is 6.17. The number of carboxylic acids is 1. The van der Waals surface area contributed by atoms with E-state index in [9.17, 15) is 23.1 Å². The maximum atomic E-state index is 15.4. The minimum absolute atomic E-state index is 0.0640. The Morgan fingerprint density at radius 1 is 1.30 bits per heavy atom. The topological polar surface area (TPSA) is 78.4 Å². The molecule has 0 amide bonds. The minimum Gasteiger partial charge on any atom is -0.480 e. The third-order valence-corrected chi connectivity index (χ3v) is 5.74. The number of aromatic nitrogens is 2. The van der Waals surface area contributed by atoms with Crippen LogP contribution in [0.5, 0.6) is 0 Å². The number of halogens is 5. The second kappa shape index (κ2) is 9.32. The van der Waals surface area contributed by atoms with Crippen LogP contribution in [0.1, 0.15) is 57.2 Å². The van der Waals surface area contributed by atoms with E-state index in [0.29, 0.717) is 24.9 Å². The number of anilines is 2. The molecule has 1 aromatic carbocycles. The molecule has 0 radical (unpaired) electrons. The fourth-order valence-electron chi connectivity index (χ4n) is 3.96. The van der Waals surface area contributed by atoms with Gasteiger partial charge in [0.2, 0.25) is 5.82 Å². The Bertz CT molecular complexity index is 1030. The molecule has 0 aliphatic carbocycles. The number of aliphatic carboxylic acids is 1. The number of carbonyl (C=O) groups is 1. The van der Waals surface area contributed by atoms with Gasteiger partial charge in [-0.2, -0.15) is 17.6 Å². The van der Waals surface area contributed by atoms with Gasteiger partial charge in [-0.1, -0.05) is 38.4 Å². The molecule has 1 saturated heterocycles. The number of benzene rings is 1. The van der Waals surface area contributed by atoms with E-state index in [1.165, 1.54) is 6.07 Å². The average molecular weight is 489 g/mol. The van der Waals surface area contributed by atoms with Crippen molar-refractivity contribution in [3.05, 3.63) is 46.5 Å². The van der Waals surface area contributed by atoms with Gasteiger partial charge in [0.25, 0.3) is 0 Å². The Labute approximate surface area is 194 Å². The van der Waals surface area contributed by atoms with Crippen molar-refractivity contribution in [2.45, 2.75) is 58.3 Å². The maximum absolute atomic E-state index is 15.4. The van der Waals surface area contributed by atoms with Gasteiger partial charge in [0.1, 0.15) is 12.4 Å². The summed E-state index contributed by atoms with van der Waals surface area (Å²) in [5.74, 6) is -2.28. The predicted molar refractivity (Wildman–Crippen MR) is 117 cm³/mol. The van der Waals surface area contributed by atoms with Gasteiger partial charge in [0.15, 0.2) is 11.6 Å². The normalized spacial score (nSPS) is 17.8. The van der Waals surface area contributed by atoms with Gasteiger partial charge in [0.05, 0.1) is 11.6 Å². The first-order chi connectivity index (χ1) is 15.3. The first-order valence-corrected chi connectivity index (χ1v) is 10.8. The van der Waals surface area contributed by atoms with Crippen molar-refractivity contribution < 1.29 is 27.5 Å². The van der Waals surface area contributed by atoms with E-state index >= 15 is 4.39 Å². The molecule has 1 fully saturated rings. The summed E-state index contributed by atoms with van der Waals surface area (Å²) in [5, 5.41) is 12.1. The highest BCUT2D eigenvalue weighted by molar-refractivity contribution is 6.31. The second-order valence-electron chi connectivity index (χ2n) is 9.25. The molecule has 0 spiro atoms. The van der Waals surface area contributed by atoms with Crippen LogP contribution in [0.4, 0.5) is 29.2 Å². The van der Waals surface area contributed by atoms with Crippen LogP contribution in [-0.4, -0.2) is 33.6 Å². The van der Waals surface area contributed by atoms with Gasteiger partial charge in [-0.25, -0.2) is 14.8 Å². The lowest BCUT2D eigenvalue weighted by molar-refractivity contribution is -0.139. The molecule has 0 saturated carbocycles. The minimum atomic E-state index is -4.52. The van der Waals surface area contributed by atoms with Crippen molar-refractivity contribution in [3.63, 3.8) is 0 Å². The Morgan fingerprint density at radius 2 is 2.00 bits per heavy atom. The fraction of sp³-hybridized carbons (Fsp3) is 0.500. The number of carboxylic acid groups (broad SMARTS) is 1. The maximum Gasteiger partial charge on any atom is 0.416 e. The molecule has 6 nitrogen and oxygen atoms in total. The van der Waals surface area contributed by atoms with Crippen molar-refractivity contribution in [1.29, 1.82) is 0 Å². The molecule has 2 aromatic rings. The summed E-state index contributed by atoms with van der Waals surface area (Å²) < 4.78 is 54.4. The van der Waals surface area contributed by atoms with Crippen LogP contribution in [0.15, 0.2) is 24.5 Å². The molecule has 2 atom stereocenters. The summed E-state index contributed by atoms with van der Waals surface area (Å²) in [6.07, 6.45) is -1.98. The van der Waals surface area contributed by atoms with Crippen LogP contribution in [0.2, 0.25) is 5.02 Å². The molecule has 33 heavy (non-hydrogen) atoms. The molecule has 180 valence electrons. The van der Waals surface area contributed by atoms with Gasteiger partial charge < -0.3 is 15.3 Å². The van der Waals surface area contributed by atoms with Crippen LogP contribution >= 0.6 is 11.6 Å². The standard InChI is InChI=1S/C22H25ClF4N4O2/c1-21(2,3)10-15(20(32)33)30-18-17(24)19(29-11-28-18)31-8-4-5-16(31)13-7-6-12(9-14(13)23)22(25,26)27/h6-7,9,11,15-16H,4-5,8,10H2,1-3H3,(H,32,33)(H,28,29,30)/t15-,16?/m1/s1. The third-order valence-electron chi connectivity index (χ3n) is 5.41. The quantitative estimate of drug-likeness (QED) is 0.491. The van der Waals surface area contributed by atoms with Crippen LogP contribution in [0, 0.1) is 11.2 Å². The summed E-state index contributed by atoms with van der Waals surface area (Å²) in [5.41, 5.74) is -0.758.